The summed E-state index contributed by atoms with van der Waals surface area (Å²) in [6.07, 6.45) is 1.08. The van der Waals surface area contributed by atoms with Crippen LogP contribution in [0.5, 0.6) is 0 Å². The third kappa shape index (κ3) is 2.23. The predicted octanol–water partition coefficient (Wildman–Crippen LogP) is 2.40. The monoisotopic (exact) mass is 261 g/mol. The fourth-order valence-electron chi connectivity index (χ4n) is 2.27. The molecule has 3 nitrogen and oxygen atoms in total. The second kappa shape index (κ2) is 5.26. The molecule has 4 heteroatoms. The second-order valence-electron chi connectivity index (χ2n) is 4.35. The lowest BCUT2D eigenvalue weighted by Gasteiger charge is -2.27. The van der Waals surface area contributed by atoms with Crippen LogP contribution in [0, 0.1) is 0 Å². The molecule has 1 saturated heterocycles. The number of aliphatic hydroxyl groups is 1. The van der Waals surface area contributed by atoms with Gasteiger partial charge in [-0.3, -0.25) is 4.98 Å². The van der Waals surface area contributed by atoms with Crippen LogP contribution in [-0.4, -0.2) is 34.3 Å². The Morgan fingerprint density at radius 1 is 1.33 bits per heavy atom. The lowest BCUT2D eigenvalue weighted by molar-refractivity contribution is -0.0221. The van der Waals surface area contributed by atoms with E-state index in [9.17, 15) is 5.11 Å². The smallest absolute Gasteiger partial charge is 0.107 e. The number of hydrogen-bond acceptors (Lipinski definition) is 4. The largest absolute Gasteiger partial charge is 0.386 e. The van der Waals surface area contributed by atoms with E-state index in [4.69, 9.17) is 4.74 Å². The molecular weight excluding hydrogens is 246 g/mol. The lowest BCUT2D eigenvalue weighted by atomic mass is 10.00. The summed E-state index contributed by atoms with van der Waals surface area (Å²) in [5.74, 6) is 1.86. The number of hydrogen-bond donors (Lipinski definition) is 1. The van der Waals surface area contributed by atoms with Gasteiger partial charge in [0.05, 0.1) is 18.2 Å². The summed E-state index contributed by atoms with van der Waals surface area (Å²) in [7, 11) is 0. The van der Waals surface area contributed by atoms with Gasteiger partial charge in [-0.2, -0.15) is 11.8 Å². The quantitative estimate of drug-likeness (QED) is 0.901. The summed E-state index contributed by atoms with van der Waals surface area (Å²) in [5.41, 5.74) is 1.82. The van der Waals surface area contributed by atoms with E-state index in [1.807, 2.05) is 42.1 Å². The van der Waals surface area contributed by atoms with Crippen LogP contribution in [0.4, 0.5) is 0 Å². The van der Waals surface area contributed by atoms with Crippen molar-refractivity contribution < 1.29 is 9.84 Å². The van der Waals surface area contributed by atoms with Gasteiger partial charge in [-0.15, -0.1) is 0 Å². The number of ether oxygens (including phenoxy) is 1. The van der Waals surface area contributed by atoms with E-state index in [1.54, 1.807) is 6.20 Å². The van der Waals surface area contributed by atoms with Crippen molar-refractivity contribution in [3.63, 3.8) is 0 Å². The number of aromatic nitrogens is 1. The summed E-state index contributed by atoms with van der Waals surface area (Å²) in [5, 5.41) is 11.5. The van der Waals surface area contributed by atoms with E-state index >= 15 is 0 Å². The van der Waals surface area contributed by atoms with Crippen molar-refractivity contribution in [3.05, 3.63) is 42.1 Å². The van der Waals surface area contributed by atoms with Crippen LogP contribution in [0.15, 0.2) is 36.5 Å². The molecule has 1 N–H and O–H groups in total. The van der Waals surface area contributed by atoms with Gasteiger partial charge < -0.3 is 9.84 Å². The van der Waals surface area contributed by atoms with Crippen LogP contribution >= 0.6 is 11.8 Å². The summed E-state index contributed by atoms with van der Waals surface area (Å²) >= 11 is 1.83. The normalized spacial score (nSPS) is 21.9. The van der Waals surface area contributed by atoms with Crippen molar-refractivity contribution in [2.45, 2.75) is 12.2 Å². The Hall–Kier alpha value is -1.10. The molecule has 1 aliphatic heterocycles. The summed E-state index contributed by atoms with van der Waals surface area (Å²) < 4.78 is 5.65. The van der Waals surface area contributed by atoms with Gasteiger partial charge in [-0.25, -0.2) is 0 Å². The van der Waals surface area contributed by atoms with Crippen molar-refractivity contribution in [1.29, 1.82) is 0 Å². The van der Waals surface area contributed by atoms with E-state index in [-0.39, 0.29) is 6.10 Å². The fraction of sp³-hybridized carbons (Fsp3) is 0.357. The van der Waals surface area contributed by atoms with Gasteiger partial charge in [0.1, 0.15) is 6.10 Å². The topological polar surface area (TPSA) is 42.4 Å². The molecule has 0 aliphatic carbocycles. The van der Waals surface area contributed by atoms with E-state index in [1.165, 1.54) is 0 Å². The number of thioether (sulfide) groups is 1. The van der Waals surface area contributed by atoms with Crippen LogP contribution in [0.25, 0.3) is 10.9 Å². The maximum atomic E-state index is 10.5. The molecule has 18 heavy (non-hydrogen) atoms. The summed E-state index contributed by atoms with van der Waals surface area (Å²) in [4.78, 5) is 4.31. The van der Waals surface area contributed by atoms with Crippen molar-refractivity contribution in [2.24, 2.45) is 0 Å². The fourth-order valence-corrected chi connectivity index (χ4v) is 3.17. The van der Waals surface area contributed by atoms with Crippen molar-refractivity contribution in [2.75, 3.05) is 18.1 Å². The molecule has 94 valence electrons. The van der Waals surface area contributed by atoms with E-state index in [2.05, 4.69) is 4.98 Å². The molecule has 1 aromatic carbocycles. The van der Waals surface area contributed by atoms with Crippen LogP contribution < -0.4 is 0 Å². The molecule has 1 fully saturated rings. The van der Waals surface area contributed by atoms with Gasteiger partial charge in [0.25, 0.3) is 0 Å². The standard InChI is InChI=1S/C14H15NO2S/c16-14(13-9-18-8-7-17-13)11-3-1-5-12-10(11)4-2-6-15-12/h1-6,13-14,16H,7-9H2. The van der Waals surface area contributed by atoms with Crippen LogP contribution in [0.2, 0.25) is 0 Å². The highest BCUT2D eigenvalue weighted by Gasteiger charge is 2.25. The van der Waals surface area contributed by atoms with Crippen LogP contribution in [0.3, 0.4) is 0 Å². The maximum Gasteiger partial charge on any atom is 0.107 e. The highest BCUT2D eigenvalue weighted by atomic mass is 32.2. The molecule has 0 radical (unpaired) electrons. The molecule has 0 amide bonds. The van der Waals surface area contributed by atoms with Crippen molar-refractivity contribution >= 4 is 22.7 Å². The zero-order valence-corrected chi connectivity index (χ0v) is 10.8. The van der Waals surface area contributed by atoms with Gasteiger partial charge in [0.15, 0.2) is 0 Å². The Bertz CT molecular complexity index is 535. The van der Waals surface area contributed by atoms with E-state index < -0.39 is 6.10 Å². The van der Waals surface area contributed by atoms with Crippen LogP contribution in [0.1, 0.15) is 11.7 Å². The molecule has 0 bridgehead atoms. The van der Waals surface area contributed by atoms with Gasteiger partial charge in [0.2, 0.25) is 0 Å². The highest BCUT2D eigenvalue weighted by Crippen LogP contribution is 2.29. The highest BCUT2D eigenvalue weighted by molar-refractivity contribution is 7.99. The number of benzene rings is 1. The minimum Gasteiger partial charge on any atom is -0.386 e. The van der Waals surface area contributed by atoms with E-state index in [0.717, 1.165) is 34.6 Å². The van der Waals surface area contributed by atoms with Crippen molar-refractivity contribution in [1.82, 2.24) is 4.98 Å². The molecule has 2 aromatic rings. The molecule has 2 unspecified atom stereocenters. The molecule has 1 aromatic heterocycles. The molecular formula is C14H15NO2S. The average molecular weight is 261 g/mol. The zero-order valence-electron chi connectivity index (χ0n) is 9.95. The van der Waals surface area contributed by atoms with Gasteiger partial charge in [-0.1, -0.05) is 18.2 Å². The third-order valence-electron chi connectivity index (χ3n) is 3.19. The third-order valence-corrected chi connectivity index (χ3v) is 4.21. The first-order chi connectivity index (χ1) is 8.86. The Kier molecular flexibility index (Phi) is 3.50. The predicted molar refractivity (Wildman–Crippen MR) is 73.8 cm³/mol. The number of nitrogens with zero attached hydrogens (tertiary/aromatic N) is 1. The molecule has 2 atom stereocenters. The van der Waals surface area contributed by atoms with Crippen LogP contribution in [-0.2, 0) is 4.74 Å². The second-order valence-corrected chi connectivity index (χ2v) is 5.50. The summed E-state index contributed by atoms with van der Waals surface area (Å²) in [6.45, 7) is 0.718. The first-order valence-electron chi connectivity index (χ1n) is 6.07. The maximum absolute atomic E-state index is 10.5. The van der Waals surface area contributed by atoms with Crippen molar-refractivity contribution in [3.8, 4) is 0 Å². The Morgan fingerprint density at radius 2 is 2.28 bits per heavy atom. The number of pyridine rings is 1. The minimum atomic E-state index is -0.578. The lowest BCUT2D eigenvalue weighted by Crippen LogP contribution is -2.29. The number of aliphatic hydroxyl groups excluding tert-OH is 1. The number of rotatable bonds is 2. The molecule has 0 spiro atoms. The minimum absolute atomic E-state index is 0.116. The summed E-state index contributed by atoms with van der Waals surface area (Å²) in [6, 6.07) is 9.75. The first-order valence-corrected chi connectivity index (χ1v) is 7.23. The zero-order chi connectivity index (χ0) is 12.4. The molecule has 1 aliphatic rings. The number of fused-ring (bicyclic) bond motifs is 1. The SMILES string of the molecule is OC(c1cccc2ncccc12)C1CSCCO1. The molecule has 2 heterocycles. The Labute approximate surface area is 110 Å². The first kappa shape index (κ1) is 12.0. The average Bonchev–Trinajstić information content (AvgIpc) is 2.47. The Balaban J connectivity index is 1.97. The van der Waals surface area contributed by atoms with Gasteiger partial charge in [-0.05, 0) is 17.7 Å². The molecule has 0 saturated carbocycles. The van der Waals surface area contributed by atoms with Gasteiger partial charge in [0, 0.05) is 23.1 Å². The molecule has 3 rings (SSSR count). The van der Waals surface area contributed by atoms with E-state index in [0.29, 0.717) is 0 Å². The Morgan fingerprint density at radius 3 is 3.11 bits per heavy atom. The van der Waals surface area contributed by atoms with Gasteiger partial charge >= 0.3 is 0 Å².